The monoisotopic (exact) mass is 422 g/mol. The van der Waals surface area contributed by atoms with E-state index in [2.05, 4.69) is 13.4 Å². The van der Waals surface area contributed by atoms with Gasteiger partial charge in [0.1, 0.15) is 18.0 Å². The summed E-state index contributed by atoms with van der Waals surface area (Å²) in [4.78, 5) is 28.2. The number of esters is 1. The van der Waals surface area contributed by atoms with Crippen LogP contribution < -0.4 is 0 Å². The fourth-order valence-electron chi connectivity index (χ4n) is 1.99. The number of cyclic esters (lactones) is 1. The summed E-state index contributed by atoms with van der Waals surface area (Å²) in [6.45, 7) is 0.478. The highest BCUT2D eigenvalue weighted by atomic mass is 32.3. The van der Waals surface area contributed by atoms with Crippen LogP contribution in [0.25, 0.3) is 0 Å². The van der Waals surface area contributed by atoms with E-state index >= 15 is 0 Å². The molecule has 1 rings (SSSR count). The van der Waals surface area contributed by atoms with Crippen LogP contribution in [-0.2, 0) is 53.3 Å². The standard InChI is InChI=1S/C11H18O13S2/c1-7-2-3-8(12)4-10(23-24-26(17,18)19)9(5-11(13)22-7)20-6-21-25(14,15)16/h7,9-10H,2-6H2,1H3,(H,14,15,16)(H,17,18,19)/t7-,9+,10+/m1/s1. The molecule has 1 heterocycles. The smallest absolute Gasteiger partial charge is 0.424 e. The molecular formula is C11H18O13S2. The molecule has 1 saturated heterocycles. The van der Waals surface area contributed by atoms with Gasteiger partial charge < -0.3 is 9.47 Å². The number of hydrogen-bond acceptors (Lipinski definition) is 11. The minimum atomic E-state index is -5.04. The zero-order valence-electron chi connectivity index (χ0n) is 13.5. The van der Waals surface area contributed by atoms with Gasteiger partial charge in [-0.15, -0.1) is 0 Å². The molecule has 0 spiro atoms. The molecule has 13 nitrogen and oxygen atoms in total. The lowest BCUT2D eigenvalue weighted by Gasteiger charge is -2.26. The molecule has 0 aromatic carbocycles. The minimum absolute atomic E-state index is 0.0333. The molecule has 1 aliphatic rings. The van der Waals surface area contributed by atoms with Gasteiger partial charge in [0.15, 0.2) is 6.79 Å². The second-order valence-corrected chi connectivity index (χ2v) is 7.37. The highest BCUT2D eigenvalue weighted by Gasteiger charge is 2.33. The van der Waals surface area contributed by atoms with Crippen LogP contribution in [-0.4, -0.2) is 62.8 Å². The molecule has 0 amide bonds. The average molecular weight is 422 g/mol. The first-order valence-electron chi connectivity index (χ1n) is 7.12. The molecule has 0 unspecified atom stereocenters. The van der Waals surface area contributed by atoms with Gasteiger partial charge in [-0.05, 0) is 13.3 Å². The molecule has 3 atom stereocenters. The molecule has 1 fully saturated rings. The van der Waals surface area contributed by atoms with Gasteiger partial charge in [0, 0.05) is 12.8 Å². The SMILES string of the molecule is C[C@@H]1CCC(=O)C[C@H](OOS(=O)(=O)O)[C@@H](OCOS(=O)(=O)O)CC(=O)O1. The molecule has 0 aliphatic carbocycles. The summed E-state index contributed by atoms with van der Waals surface area (Å²) >= 11 is 0. The Hall–Kier alpha value is -1.20. The van der Waals surface area contributed by atoms with Crippen molar-refractivity contribution >= 4 is 32.6 Å². The van der Waals surface area contributed by atoms with Crippen molar-refractivity contribution in [2.45, 2.75) is 50.9 Å². The van der Waals surface area contributed by atoms with Gasteiger partial charge in [0.05, 0.1) is 12.5 Å². The number of ether oxygens (including phenoxy) is 2. The van der Waals surface area contributed by atoms with Crippen molar-refractivity contribution < 1.29 is 58.4 Å². The Morgan fingerprint density at radius 3 is 2.31 bits per heavy atom. The van der Waals surface area contributed by atoms with Crippen LogP contribution in [0.5, 0.6) is 0 Å². The number of hydrogen-bond donors (Lipinski definition) is 2. The number of ketones is 1. The number of rotatable bonds is 7. The lowest BCUT2D eigenvalue weighted by molar-refractivity contribution is -0.276. The van der Waals surface area contributed by atoms with Gasteiger partial charge in [-0.3, -0.25) is 18.7 Å². The Morgan fingerprint density at radius 2 is 1.73 bits per heavy atom. The summed E-state index contributed by atoms with van der Waals surface area (Å²) < 4.78 is 77.0. The van der Waals surface area contributed by atoms with Gasteiger partial charge in [-0.1, -0.05) is 4.33 Å². The third kappa shape index (κ3) is 10.1. The molecule has 1 aliphatic heterocycles. The maximum absolute atomic E-state index is 11.9. The highest BCUT2D eigenvalue weighted by Crippen LogP contribution is 2.20. The van der Waals surface area contributed by atoms with Gasteiger partial charge in [-0.25, -0.2) is 9.07 Å². The molecule has 15 heteroatoms. The summed E-state index contributed by atoms with van der Waals surface area (Å²) in [6.07, 6.45) is -4.45. The maximum atomic E-state index is 11.9. The number of carbonyl (C=O) groups is 2. The van der Waals surface area contributed by atoms with E-state index in [1.165, 1.54) is 0 Å². The van der Waals surface area contributed by atoms with Crippen molar-refractivity contribution in [3.05, 3.63) is 0 Å². The zero-order valence-corrected chi connectivity index (χ0v) is 15.1. The first-order valence-corrected chi connectivity index (χ1v) is 9.86. The van der Waals surface area contributed by atoms with E-state index in [1.807, 2.05) is 0 Å². The minimum Gasteiger partial charge on any atom is -0.463 e. The highest BCUT2D eigenvalue weighted by molar-refractivity contribution is 7.81. The Kier molecular flexibility index (Phi) is 8.48. The molecule has 0 aromatic rings. The molecule has 0 bridgehead atoms. The van der Waals surface area contributed by atoms with Crippen molar-refractivity contribution in [3.63, 3.8) is 0 Å². The second kappa shape index (κ2) is 9.65. The summed E-state index contributed by atoms with van der Waals surface area (Å²) in [5.41, 5.74) is 0. The molecule has 2 N–H and O–H groups in total. The molecule has 0 saturated carbocycles. The van der Waals surface area contributed by atoms with Crippen LogP contribution in [0, 0.1) is 0 Å². The first-order chi connectivity index (χ1) is 11.9. The normalized spacial score (nSPS) is 26.3. The topological polar surface area (TPSA) is 189 Å². The van der Waals surface area contributed by atoms with E-state index < -0.39 is 70.5 Å². The fraction of sp³-hybridized carbons (Fsp3) is 0.818. The van der Waals surface area contributed by atoms with Crippen molar-refractivity contribution in [2.75, 3.05) is 6.79 Å². The van der Waals surface area contributed by atoms with E-state index in [-0.39, 0.29) is 12.8 Å². The predicted octanol–water partition coefficient (Wildman–Crippen LogP) is -0.657. The Balaban J connectivity index is 2.94. The third-order valence-corrected chi connectivity index (χ3v) is 3.75. The van der Waals surface area contributed by atoms with Crippen LogP contribution in [0.4, 0.5) is 0 Å². The molecule has 26 heavy (non-hydrogen) atoms. The van der Waals surface area contributed by atoms with Gasteiger partial charge in [0.2, 0.25) is 0 Å². The van der Waals surface area contributed by atoms with Crippen molar-refractivity contribution in [1.82, 2.24) is 0 Å². The van der Waals surface area contributed by atoms with Gasteiger partial charge in [0.25, 0.3) is 0 Å². The fourth-order valence-corrected chi connectivity index (χ4v) is 2.36. The first kappa shape index (κ1) is 22.8. The lowest BCUT2D eigenvalue weighted by atomic mass is 10.0. The van der Waals surface area contributed by atoms with E-state index in [0.29, 0.717) is 0 Å². The molecule has 152 valence electrons. The van der Waals surface area contributed by atoms with Crippen molar-refractivity contribution in [2.24, 2.45) is 0 Å². The zero-order chi connectivity index (χ0) is 20.0. The second-order valence-electron chi connectivity index (χ2n) is 5.29. The Bertz CT molecular complexity index is 698. The van der Waals surface area contributed by atoms with Crippen LogP contribution in [0.1, 0.15) is 32.6 Å². The van der Waals surface area contributed by atoms with E-state index in [0.717, 1.165) is 0 Å². The largest absolute Gasteiger partial charge is 0.463 e. The van der Waals surface area contributed by atoms with Crippen LogP contribution >= 0.6 is 0 Å². The quantitative estimate of drug-likeness (QED) is 0.173. The van der Waals surface area contributed by atoms with E-state index in [4.69, 9.17) is 18.6 Å². The maximum Gasteiger partial charge on any atom is 0.424 e. The van der Waals surface area contributed by atoms with Crippen LogP contribution in [0.2, 0.25) is 0 Å². The van der Waals surface area contributed by atoms with Gasteiger partial charge >= 0.3 is 26.8 Å². The summed E-state index contributed by atoms with van der Waals surface area (Å²) in [6, 6.07) is 0. The van der Waals surface area contributed by atoms with Crippen molar-refractivity contribution in [3.8, 4) is 0 Å². The third-order valence-electron chi connectivity index (χ3n) is 3.10. The number of carbonyl (C=O) groups excluding carboxylic acids is 2. The van der Waals surface area contributed by atoms with Crippen molar-refractivity contribution in [1.29, 1.82) is 0 Å². The molecule has 0 aromatic heterocycles. The van der Waals surface area contributed by atoms with Gasteiger partial charge in [-0.2, -0.15) is 16.8 Å². The predicted molar refractivity (Wildman–Crippen MR) is 78.9 cm³/mol. The Morgan fingerprint density at radius 1 is 1.08 bits per heavy atom. The van der Waals surface area contributed by atoms with E-state index in [9.17, 15) is 26.4 Å². The summed E-state index contributed by atoms with van der Waals surface area (Å²) in [5.74, 6) is -1.24. The average Bonchev–Trinajstić information content (AvgIpc) is 2.45. The Labute approximate surface area is 149 Å². The van der Waals surface area contributed by atoms with E-state index in [1.54, 1.807) is 6.92 Å². The number of Topliss-reactive ketones (excluding diaryl/α,β-unsaturated/α-hetero) is 1. The summed E-state index contributed by atoms with van der Waals surface area (Å²) in [5, 5.41) is 0. The molecule has 0 radical (unpaired) electrons. The molecular weight excluding hydrogens is 404 g/mol. The van der Waals surface area contributed by atoms with Crippen LogP contribution in [0.15, 0.2) is 0 Å². The summed E-state index contributed by atoms with van der Waals surface area (Å²) in [7, 11) is -9.90. The lowest BCUT2D eigenvalue weighted by Crippen LogP contribution is -2.38. The van der Waals surface area contributed by atoms with Crippen LogP contribution in [0.3, 0.4) is 0 Å².